The van der Waals surface area contributed by atoms with Gasteiger partial charge in [-0.2, -0.15) is 0 Å². The lowest BCUT2D eigenvalue weighted by atomic mass is 10.2. The normalized spacial score (nSPS) is 9.90. The molecule has 0 aliphatic heterocycles. The Kier molecular flexibility index (Phi) is 6.05. The summed E-state index contributed by atoms with van der Waals surface area (Å²) in [4.78, 5) is 24.3. The van der Waals surface area contributed by atoms with Gasteiger partial charge in [0.05, 0.1) is 11.3 Å². The lowest BCUT2D eigenvalue weighted by molar-refractivity contribution is 0.0957. The molecule has 0 atom stereocenters. The zero-order valence-corrected chi connectivity index (χ0v) is 12.5. The van der Waals surface area contributed by atoms with Crippen LogP contribution in [0.5, 0.6) is 0 Å². The summed E-state index contributed by atoms with van der Waals surface area (Å²) in [6.07, 6.45) is 2.50. The van der Waals surface area contributed by atoms with Crippen molar-refractivity contribution >= 4 is 33.8 Å². The first kappa shape index (κ1) is 16.0. The Bertz CT molecular complexity index is 511. The molecule has 0 bridgehead atoms. The van der Waals surface area contributed by atoms with Gasteiger partial charge in [-0.3, -0.25) is 9.59 Å². The molecule has 1 aromatic heterocycles. The fraction of sp³-hybridized carbons (Fsp3) is 0.385. The van der Waals surface area contributed by atoms with Crippen LogP contribution in [0.1, 0.15) is 33.4 Å². The predicted molar refractivity (Wildman–Crippen MR) is 83.4 cm³/mol. The molecule has 110 valence electrons. The Labute approximate surface area is 122 Å². The van der Waals surface area contributed by atoms with Gasteiger partial charge in [0, 0.05) is 20.1 Å². The molecule has 0 unspecified atom stereocenters. The lowest BCUT2D eigenvalue weighted by Crippen LogP contribution is -2.24. The van der Waals surface area contributed by atoms with Gasteiger partial charge in [-0.15, -0.1) is 17.9 Å². The van der Waals surface area contributed by atoms with Crippen LogP contribution in [-0.4, -0.2) is 32.0 Å². The molecule has 0 spiro atoms. The summed E-state index contributed by atoms with van der Waals surface area (Å²) >= 11 is 1.17. The summed E-state index contributed by atoms with van der Waals surface area (Å²) in [5, 5.41) is 8.88. The van der Waals surface area contributed by atoms with Crippen LogP contribution in [0.3, 0.4) is 0 Å². The van der Waals surface area contributed by atoms with Crippen LogP contribution in [0.25, 0.3) is 0 Å². The Morgan fingerprint density at radius 1 is 1.40 bits per heavy atom. The minimum Gasteiger partial charge on any atom is -0.397 e. The van der Waals surface area contributed by atoms with Crippen molar-refractivity contribution in [3.05, 3.63) is 23.1 Å². The Balaban J connectivity index is 3.13. The number of carbonyl (C=O) groups is 2. The highest BCUT2D eigenvalue weighted by atomic mass is 32.1. The quantitative estimate of drug-likeness (QED) is 0.572. The number of nitrogens with one attached hydrogen (secondary N) is 3. The highest BCUT2D eigenvalue weighted by Crippen LogP contribution is 2.35. The summed E-state index contributed by atoms with van der Waals surface area (Å²) in [5.74, 6) is -0.578. The molecular formula is C13H20N4O2S. The van der Waals surface area contributed by atoms with Crippen molar-refractivity contribution in [2.75, 3.05) is 31.2 Å². The van der Waals surface area contributed by atoms with Gasteiger partial charge in [-0.05, 0) is 6.42 Å². The molecule has 0 saturated carbocycles. The molecular weight excluding hydrogens is 276 g/mol. The van der Waals surface area contributed by atoms with Crippen molar-refractivity contribution in [3.8, 4) is 0 Å². The second-order valence-electron chi connectivity index (χ2n) is 4.05. The van der Waals surface area contributed by atoms with E-state index in [-0.39, 0.29) is 17.5 Å². The van der Waals surface area contributed by atoms with E-state index in [4.69, 9.17) is 5.73 Å². The third-order valence-electron chi connectivity index (χ3n) is 2.55. The van der Waals surface area contributed by atoms with E-state index >= 15 is 0 Å². The number of thiophene rings is 1. The van der Waals surface area contributed by atoms with Gasteiger partial charge in [0.1, 0.15) is 9.88 Å². The molecule has 0 radical (unpaired) electrons. The molecule has 0 aliphatic rings. The molecule has 1 heterocycles. The molecule has 0 aliphatic carbocycles. The van der Waals surface area contributed by atoms with Crippen LogP contribution >= 0.6 is 11.3 Å². The number of carbonyl (C=O) groups excluding carboxylic acids is 2. The SMILES string of the molecule is C=CCNc1sc(C(=O)NCCC)c(N)c1C(=O)NC. The van der Waals surface area contributed by atoms with Gasteiger partial charge >= 0.3 is 0 Å². The highest BCUT2D eigenvalue weighted by Gasteiger charge is 2.24. The number of amides is 2. The molecule has 5 N–H and O–H groups in total. The molecule has 20 heavy (non-hydrogen) atoms. The second kappa shape index (κ2) is 7.54. The molecule has 1 aromatic rings. The number of rotatable bonds is 7. The zero-order valence-electron chi connectivity index (χ0n) is 11.7. The molecule has 0 saturated heterocycles. The van der Waals surface area contributed by atoms with Crippen molar-refractivity contribution in [1.82, 2.24) is 10.6 Å². The average Bonchev–Trinajstić information content (AvgIpc) is 2.78. The van der Waals surface area contributed by atoms with Crippen LogP contribution < -0.4 is 21.7 Å². The average molecular weight is 296 g/mol. The lowest BCUT2D eigenvalue weighted by Gasteiger charge is -2.04. The first-order chi connectivity index (χ1) is 9.56. The first-order valence-electron chi connectivity index (χ1n) is 6.34. The van der Waals surface area contributed by atoms with Gasteiger partial charge in [-0.25, -0.2) is 0 Å². The summed E-state index contributed by atoms with van der Waals surface area (Å²) in [5.41, 5.74) is 6.46. The van der Waals surface area contributed by atoms with Crippen molar-refractivity contribution < 1.29 is 9.59 Å². The third-order valence-corrected chi connectivity index (χ3v) is 3.71. The Morgan fingerprint density at radius 3 is 2.65 bits per heavy atom. The molecule has 6 nitrogen and oxygen atoms in total. The number of nitrogen functional groups attached to an aromatic ring is 1. The topological polar surface area (TPSA) is 96.2 Å². The first-order valence-corrected chi connectivity index (χ1v) is 7.15. The third kappa shape index (κ3) is 3.51. The minimum absolute atomic E-state index is 0.203. The Morgan fingerprint density at radius 2 is 2.10 bits per heavy atom. The Hall–Kier alpha value is -2.02. The maximum atomic E-state index is 12.0. The van der Waals surface area contributed by atoms with E-state index in [2.05, 4.69) is 22.5 Å². The fourth-order valence-electron chi connectivity index (χ4n) is 1.57. The van der Waals surface area contributed by atoms with Crippen molar-refractivity contribution in [2.45, 2.75) is 13.3 Å². The second-order valence-corrected chi connectivity index (χ2v) is 5.07. The van der Waals surface area contributed by atoms with Gasteiger partial charge < -0.3 is 21.7 Å². The highest BCUT2D eigenvalue weighted by molar-refractivity contribution is 7.19. The van der Waals surface area contributed by atoms with E-state index in [1.165, 1.54) is 18.4 Å². The predicted octanol–water partition coefficient (Wildman–Crippen LogP) is 1.43. The number of hydrogen-bond acceptors (Lipinski definition) is 5. The maximum Gasteiger partial charge on any atom is 0.263 e. The van der Waals surface area contributed by atoms with E-state index in [0.717, 1.165) is 6.42 Å². The summed E-state index contributed by atoms with van der Waals surface area (Å²) in [6, 6.07) is 0. The molecule has 0 fully saturated rings. The van der Waals surface area contributed by atoms with E-state index in [0.29, 0.717) is 28.5 Å². The largest absolute Gasteiger partial charge is 0.397 e. The van der Waals surface area contributed by atoms with Crippen LogP contribution in [0.15, 0.2) is 12.7 Å². The molecule has 2 amide bonds. The van der Waals surface area contributed by atoms with E-state index in [9.17, 15) is 9.59 Å². The van der Waals surface area contributed by atoms with Crippen LogP contribution in [-0.2, 0) is 0 Å². The van der Waals surface area contributed by atoms with Crippen LogP contribution in [0.4, 0.5) is 10.7 Å². The number of hydrogen-bond donors (Lipinski definition) is 4. The maximum absolute atomic E-state index is 12.0. The monoisotopic (exact) mass is 296 g/mol. The number of anilines is 2. The minimum atomic E-state index is -0.320. The number of nitrogens with two attached hydrogens (primary N) is 1. The van der Waals surface area contributed by atoms with Gasteiger partial charge in [0.25, 0.3) is 11.8 Å². The smallest absolute Gasteiger partial charge is 0.263 e. The standard InChI is InChI=1S/C13H20N4O2S/c1-4-6-16-12(19)10-9(14)8(11(18)15-3)13(20-10)17-7-5-2/h5,17H,2,4,6-7,14H2,1,3H3,(H,15,18)(H,16,19). The van der Waals surface area contributed by atoms with Crippen LogP contribution in [0.2, 0.25) is 0 Å². The van der Waals surface area contributed by atoms with E-state index in [1.54, 1.807) is 6.08 Å². The van der Waals surface area contributed by atoms with Crippen molar-refractivity contribution in [2.24, 2.45) is 0 Å². The van der Waals surface area contributed by atoms with Crippen LogP contribution in [0, 0.1) is 0 Å². The molecule has 7 heteroatoms. The van der Waals surface area contributed by atoms with Crippen molar-refractivity contribution in [1.29, 1.82) is 0 Å². The van der Waals surface area contributed by atoms with Gasteiger partial charge in [0.15, 0.2) is 0 Å². The fourth-order valence-corrected chi connectivity index (χ4v) is 2.61. The van der Waals surface area contributed by atoms with Gasteiger partial charge in [0.2, 0.25) is 0 Å². The van der Waals surface area contributed by atoms with Gasteiger partial charge in [-0.1, -0.05) is 13.0 Å². The van der Waals surface area contributed by atoms with Crippen molar-refractivity contribution in [3.63, 3.8) is 0 Å². The summed E-state index contributed by atoms with van der Waals surface area (Å²) in [6.45, 7) is 6.63. The van der Waals surface area contributed by atoms with E-state index < -0.39 is 0 Å². The van der Waals surface area contributed by atoms with E-state index in [1.807, 2.05) is 6.92 Å². The summed E-state index contributed by atoms with van der Waals surface area (Å²) in [7, 11) is 1.52. The summed E-state index contributed by atoms with van der Waals surface area (Å²) < 4.78 is 0. The zero-order chi connectivity index (χ0) is 15.1. The molecule has 1 rings (SSSR count). The molecule has 0 aromatic carbocycles.